The second-order valence-corrected chi connectivity index (χ2v) is 6.86. The van der Waals surface area contributed by atoms with Crippen molar-refractivity contribution in [1.82, 2.24) is 0 Å². The Labute approximate surface area is 165 Å². The lowest BCUT2D eigenvalue weighted by atomic mass is 9.98. The van der Waals surface area contributed by atoms with E-state index in [-0.39, 0.29) is 17.9 Å². The molecule has 0 spiro atoms. The zero-order valence-corrected chi connectivity index (χ0v) is 15.6. The molecule has 0 radical (unpaired) electrons. The van der Waals surface area contributed by atoms with Gasteiger partial charge in [0.1, 0.15) is 0 Å². The Balaban J connectivity index is 1.78. The molecule has 0 aromatic heterocycles. The van der Waals surface area contributed by atoms with Gasteiger partial charge in [-0.2, -0.15) is 0 Å². The van der Waals surface area contributed by atoms with E-state index in [2.05, 4.69) is 5.32 Å². The maximum atomic E-state index is 12.7. The van der Waals surface area contributed by atoms with E-state index in [9.17, 15) is 14.9 Å². The van der Waals surface area contributed by atoms with Crippen molar-refractivity contribution in [3.8, 4) is 0 Å². The topological polar surface area (TPSA) is 81.5 Å². The molecule has 2 aromatic carbocycles. The Morgan fingerprint density at radius 1 is 1.22 bits per heavy atom. The quantitative estimate of drug-likeness (QED) is 0.316. The van der Waals surface area contributed by atoms with Gasteiger partial charge >= 0.3 is 0 Å². The smallest absolute Gasteiger partial charge is 0.269 e. The minimum atomic E-state index is -0.480. The van der Waals surface area contributed by atoms with Gasteiger partial charge in [-0.1, -0.05) is 23.8 Å². The molecule has 2 aromatic rings. The monoisotopic (exact) mass is 402 g/mol. The molecule has 27 heavy (non-hydrogen) atoms. The van der Waals surface area contributed by atoms with Gasteiger partial charge in [0.15, 0.2) is 11.9 Å². The molecule has 1 aliphatic rings. The van der Waals surface area contributed by atoms with Crippen LogP contribution in [0.2, 0.25) is 5.02 Å². The van der Waals surface area contributed by atoms with Crippen LogP contribution in [0.25, 0.3) is 0 Å². The molecular weight excluding hydrogens is 388 g/mol. The first-order valence-electron chi connectivity index (χ1n) is 8.09. The fraction of sp³-hybridized carbons (Fsp3) is 0.158. The summed E-state index contributed by atoms with van der Waals surface area (Å²) in [5.74, 6) is -0.0932. The average Bonchev–Trinajstić information content (AvgIpc) is 3.08. The molecule has 1 heterocycles. The molecule has 0 fully saturated rings. The Bertz CT molecular complexity index is 897. The van der Waals surface area contributed by atoms with Gasteiger partial charge in [0, 0.05) is 34.8 Å². The summed E-state index contributed by atoms with van der Waals surface area (Å²) in [7, 11) is 0. The minimum Gasteiger partial charge on any atom is -0.490 e. The number of carbonyl (C=O) groups excluding carboxylic acids is 1. The summed E-state index contributed by atoms with van der Waals surface area (Å²) < 4.78 is 5.55. The molecule has 0 saturated heterocycles. The van der Waals surface area contributed by atoms with Crippen LogP contribution in [0.5, 0.6) is 0 Å². The van der Waals surface area contributed by atoms with Gasteiger partial charge in [-0.25, -0.2) is 0 Å². The van der Waals surface area contributed by atoms with Crippen LogP contribution < -0.4 is 5.32 Å². The molecule has 0 saturated carbocycles. The average molecular weight is 403 g/mol. The van der Waals surface area contributed by atoms with Gasteiger partial charge in [0.25, 0.3) is 5.69 Å². The summed E-state index contributed by atoms with van der Waals surface area (Å²) in [6, 6.07) is 12.2. The van der Waals surface area contributed by atoms with E-state index in [4.69, 9.17) is 28.6 Å². The molecule has 0 aliphatic carbocycles. The van der Waals surface area contributed by atoms with Crippen molar-refractivity contribution in [2.45, 2.75) is 18.6 Å². The van der Waals surface area contributed by atoms with E-state index in [0.717, 1.165) is 0 Å². The number of thiocarbonyl (C=S) groups is 1. The number of anilines is 1. The molecule has 6 nitrogen and oxygen atoms in total. The number of Topliss-reactive ketones (excluding diaryl/α,β-unsaturated/α-hetero) is 1. The largest absolute Gasteiger partial charge is 0.490 e. The number of nitrogens with zero attached hydrogens (tertiary/aromatic N) is 1. The normalized spacial score (nSPS) is 16.6. The summed E-state index contributed by atoms with van der Waals surface area (Å²) in [4.78, 5) is 23.6. The Kier molecular flexibility index (Phi) is 5.83. The van der Waals surface area contributed by atoms with Gasteiger partial charge in [-0.3, -0.25) is 14.9 Å². The minimum absolute atomic E-state index is 0.0105. The number of ketones is 1. The number of ether oxygens (including phenoxy) is 1. The molecule has 2 unspecified atom stereocenters. The third-order valence-electron chi connectivity index (χ3n) is 4.11. The van der Waals surface area contributed by atoms with Gasteiger partial charge in [-0.15, -0.1) is 0 Å². The van der Waals surface area contributed by atoms with E-state index in [1.165, 1.54) is 18.4 Å². The first kappa shape index (κ1) is 19.0. The number of rotatable bonds is 7. The Morgan fingerprint density at radius 2 is 1.89 bits per heavy atom. The van der Waals surface area contributed by atoms with Crippen molar-refractivity contribution in [1.29, 1.82) is 0 Å². The van der Waals surface area contributed by atoms with Gasteiger partial charge < -0.3 is 10.1 Å². The van der Waals surface area contributed by atoms with Gasteiger partial charge in [0.2, 0.25) is 0 Å². The zero-order chi connectivity index (χ0) is 19.4. The van der Waals surface area contributed by atoms with E-state index in [0.29, 0.717) is 21.1 Å². The van der Waals surface area contributed by atoms with Crippen LogP contribution in [0, 0.1) is 10.1 Å². The zero-order valence-electron chi connectivity index (χ0n) is 14.0. The van der Waals surface area contributed by atoms with Crippen molar-refractivity contribution < 1.29 is 14.5 Å². The molecule has 1 N–H and O–H groups in total. The summed E-state index contributed by atoms with van der Waals surface area (Å²) in [5, 5.41) is 14.6. The molecule has 0 bridgehead atoms. The van der Waals surface area contributed by atoms with E-state index >= 15 is 0 Å². The summed E-state index contributed by atoms with van der Waals surface area (Å²) in [6.45, 7) is 0. The number of halogens is 1. The lowest BCUT2D eigenvalue weighted by Gasteiger charge is -2.25. The van der Waals surface area contributed by atoms with Crippen LogP contribution in [0.3, 0.4) is 0 Å². The van der Waals surface area contributed by atoms with Crippen molar-refractivity contribution in [2.24, 2.45) is 0 Å². The van der Waals surface area contributed by atoms with Gasteiger partial charge in [0.05, 0.1) is 22.1 Å². The van der Waals surface area contributed by atoms with Crippen LogP contribution >= 0.6 is 23.8 Å². The Hall–Kier alpha value is -2.77. The van der Waals surface area contributed by atoms with Crippen LogP contribution in [-0.2, 0) is 4.74 Å². The lowest BCUT2D eigenvalue weighted by Crippen LogP contribution is -2.39. The number of hydrogen-bond donors (Lipinski definition) is 1. The predicted molar refractivity (Wildman–Crippen MR) is 108 cm³/mol. The summed E-state index contributed by atoms with van der Waals surface area (Å²) in [6.07, 6.45) is 2.83. The highest BCUT2D eigenvalue weighted by atomic mass is 35.5. The number of hydrogen-bond acceptors (Lipinski definition) is 6. The highest BCUT2D eigenvalue weighted by Crippen LogP contribution is 2.23. The van der Waals surface area contributed by atoms with Crippen molar-refractivity contribution in [2.75, 3.05) is 5.32 Å². The number of nitro benzene ring substituents is 1. The first-order chi connectivity index (χ1) is 12.9. The number of non-ortho nitro benzene ring substituents is 1. The lowest BCUT2D eigenvalue weighted by molar-refractivity contribution is -0.384. The van der Waals surface area contributed by atoms with E-state index < -0.39 is 17.1 Å². The Morgan fingerprint density at radius 3 is 2.44 bits per heavy atom. The van der Waals surface area contributed by atoms with Crippen LogP contribution in [0.15, 0.2) is 60.9 Å². The van der Waals surface area contributed by atoms with Crippen LogP contribution in [0.4, 0.5) is 11.4 Å². The first-order valence-corrected chi connectivity index (χ1v) is 8.88. The maximum Gasteiger partial charge on any atom is 0.269 e. The molecular formula is C19H15ClN2O4S. The van der Waals surface area contributed by atoms with Crippen molar-refractivity contribution in [3.63, 3.8) is 0 Å². The second kappa shape index (κ2) is 8.28. The van der Waals surface area contributed by atoms with Crippen molar-refractivity contribution in [3.05, 3.63) is 81.6 Å². The second-order valence-electron chi connectivity index (χ2n) is 5.95. The van der Waals surface area contributed by atoms with Crippen LogP contribution in [0.1, 0.15) is 16.8 Å². The molecule has 8 heteroatoms. The molecule has 2 atom stereocenters. The predicted octanol–water partition coefficient (Wildman–Crippen LogP) is 4.58. The number of carbonyl (C=O) groups is 1. The third-order valence-corrected chi connectivity index (χ3v) is 4.73. The van der Waals surface area contributed by atoms with E-state index in [1.807, 2.05) is 0 Å². The number of nitrogens with one attached hydrogen (secondary N) is 1. The van der Waals surface area contributed by atoms with E-state index in [1.54, 1.807) is 42.5 Å². The fourth-order valence-corrected chi connectivity index (χ4v) is 3.13. The third kappa shape index (κ3) is 4.69. The SMILES string of the molecule is O=C(CC(Nc1ccc([N+](=O)[O-])cc1)C1OC=CC1=S)c1ccc(Cl)cc1. The molecule has 138 valence electrons. The summed E-state index contributed by atoms with van der Waals surface area (Å²) in [5.41, 5.74) is 1.16. The molecule has 3 rings (SSSR count). The van der Waals surface area contributed by atoms with Crippen molar-refractivity contribution >= 4 is 45.8 Å². The fourth-order valence-electron chi connectivity index (χ4n) is 2.73. The molecule has 0 amide bonds. The standard InChI is InChI=1S/C19H15ClN2O4S/c20-13-3-1-12(2-4-13)17(23)11-16(19-18(27)9-10-26-19)21-14-5-7-15(8-6-14)22(24)25/h1-10,16,19,21H,11H2. The number of nitro groups is 1. The van der Waals surface area contributed by atoms with Crippen LogP contribution in [-0.4, -0.2) is 27.7 Å². The number of benzene rings is 2. The highest BCUT2D eigenvalue weighted by molar-refractivity contribution is 7.80. The highest BCUT2D eigenvalue weighted by Gasteiger charge is 2.30. The maximum absolute atomic E-state index is 12.7. The summed E-state index contributed by atoms with van der Waals surface area (Å²) >= 11 is 11.2. The molecule has 1 aliphatic heterocycles. The van der Waals surface area contributed by atoms with Gasteiger partial charge in [-0.05, 0) is 42.5 Å².